The van der Waals surface area contributed by atoms with Crippen molar-refractivity contribution in [3.05, 3.63) is 100 Å². The molecule has 1 aromatic heterocycles. The van der Waals surface area contributed by atoms with Gasteiger partial charge in [0.05, 0.1) is 25.5 Å². The minimum atomic E-state index is -0.268. The number of nitrogens with zero attached hydrogens (tertiary/aromatic N) is 2. The molecule has 7 heteroatoms. The maximum Gasteiger partial charge on any atom is 0.273 e. The molecule has 0 fully saturated rings. The summed E-state index contributed by atoms with van der Waals surface area (Å²) in [6.45, 7) is 3.31. The molecule has 184 valence electrons. The summed E-state index contributed by atoms with van der Waals surface area (Å²) in [6.07, 6.45) is 1.67. The first-order valence-corrected chi connectivity index (χ1v) is 12.5. The number of H-pyrrole nitrogens is 1. The van der Waals surface area contributed by atoms with E-state index in [4.69, 9.17) is 21.1 Å². The summed E-state index contributed by atoms with van der Waals surface area (Å²) >= 11 is 6.12. The van der Waals surface area contributed by atoms with Crippen LogP contribution in [0.5, 0.6) is 11.5 Å². The number of fused-ring (bicyclic) bond motifs is 1. The van der Waals surface area contributed by atoms with Gasteiger partial charge in [0.2, 0.25) is 0 Å². The van der Waals surface area contributed by atoms with E-state index in [1.807, 2.05) is 77.7 Å². The first-order valence-electron chi connectivity index (χ1n) is 12.1. The Morgan fingerprint density at radius 2 is 1.67 bits per heavy atom. The highest BCUT2D eigenvalue weighted by molar-refractivity contribution is 6.30. The third-order valence-electron chi connectivity index (χ3n) is 6.45. The number of nitrogens with one attached hydrogen (secondary N) is 1. The van der Waals surface area contributed by atoms with E-state index in [0.717, 1.165) is 52.3 Å². The normalized spacial score (nSPS) is 14.7. The average molecular weight is 502 g/mol. The maximum absolute atomic E-state index is 13.6. The molecule has 1 atom stereocenters. The van der Waals surface area contributed by atoms with E-state index in [-0.39, 0.29) is 11.9 Å². The van der Waals surface area contributed by atoms with Crippen LogP contribution < -0.4 is 9.47 Å². The van der Waals surface area contributed by atoms with Gasteiger partial charge in [-0.15, -0.1) is 0 Å². The van der Waals surface area contributed by atoms with Gasteiger partial charge in [0.15, 0.2) is 0 Å². The van der Waals surface area contributed by atoms with Gasteiger partial charge in [-0.1, -0.05) is 54.9 Å². The van der Waals surface area contributed by atoms with Gasteiger partial charge in [-0.05, 0) is 60.4 Å². The standard InChI is InChI=1S/C29H28ClN3O3/c1-3-18-36-24-14-8-21(9-15-24)28-25-26(20-6-10-22(30)11-7-20)31-32-27(25)29(34)33(28)17-16-19-4-12-23(35-2)13-5-19/h4-15,28H,3,16-18H2,1-2H3,(H,31,32). The predicted octanol–water partition coefficient (Wildman–Crippen LogP) is 6.32. The van der Waals surface area contributed by atoms with Crippen LogP contribution in [0.4, 0.5) is 0 Å². The van der Waals surface area contributed by atoms with E-state index in [1.54, 1.807) is 7.11 Å². The zero-order chi connectivity index (χ0) is 25.1. The van der Waals surface area contributed by atoms with Crippen molar-refractivity contribution in [3.8, 4) is 22.8 Å². The highest BCUT2D eigenvalue weighted by atomic mass is 35.5. The molecule has 5 rings (SSSR count). The number of carbonyl (C=O) groups excluding carboxylic acids is 1. The average Bonchev–Trinajstić information content (AvgIpc) is 3.46. The first-order chi connectivity index (χ1) is 17.6. The van der Waals surface area contributed by atoms with Crippen molar-refractivity contribution >= 4 is 17.5 Å². The summed E-state index contributed by atoms with van der Waals surface area (Å²) in [5, 5.41) is 8.21. The Bertz CT molecular complexity index is 1330. The molecular formula is C29H28ClN3O3. The molecule has 4 aromatic rings. The summed E-state index contributed by atoms with van der Waals surface area (Å²) in [7, 11) is 1.65. The zero-order valence-electron chi connectivity index (χ0n) is 20.3. The van der Waals surface area contributed by atoms with Gasteiger partial charge in [0.25, 0.3) is 5.91 Å². The third-order valence-corrected chi connectivity index (χ3v) is 6.70. The first kappa shape index (κ1) is 23.9. The van der Waals surface area contributed by atoms with E-state index in [2.05, 4.69) is 17.1 Å². The number of carbonyl (C=O) groups is 1. The lowest BCUT2D eigenvalue weighted by atomic mass is 9.96. The smallest absolute Gasteiger partial charge is 0.273 e. The molecule has 0 saturated heterocycles. The number of rotatable bonds is 9. The van der Waals surface area contributed by atoms with Crippen molar-refractivity contribution in [1.82, 2.24) is 15.1 Å². The largest absolute Gasteiger partial charge is 0.497 e. The number of benzene rings is 3. The quantitative estimate of drug-likeness (QED) is 0.291. The molecule has 3 aromatic carbocycles. The van der Waals surface area contributed by atoms with E-state index in [0.29, 0.717) is 23.9 Å². The van der Waals surface area contributed by atoms with Crippen molar-refractivity contribution in [3.63, 3.8) is 0 Å². The Hall–Kier alpha value is -3.77. The second-order valence-corrected chi connectivity index (χ2v) is 9.22. The molecule has 1 aliphatic rings. The number of halogens is 1. The Morgan fingerprint density at radius 1 is 0.972 bits per heavy atom. The number of amides is 1. The lowest BCUT2D eigenvalue weighted by molar-refractivity contribution is 0.0746. The number of ether oxygens (including phenoxy) is 2. The van der Waals surface area contributed by atoms with Crippen LogP contribution in [0.15, 0.2) is 72.8 Å². The molecule has 1 N–H and O–H groups in total. The predicted molar refractivity (Wildman–Crippen MR) is 141 cm³/mol. The third kappa shape index (κ3) is 4.69. The Kier molecular flexibility index (Phi) is 6.96. The Labute approximate surface area is 215 Å². The number of hydrogen-bond acceptors (Lipinski definition) is 4. The second-order valence-electron chi connectivity index (χ2n) is 8.78. The monoisotopic (exact) mass is 501 g/mol. The van der Waals surface area contributed by atoms with Gasteiger partial charge in [-0.3, -0.25) is 9.89 Å². The van der Waals surface area contributed by atoms with Crippen LogP contribution in [-0.2, 0) is 6.42 Å². The second kappa shape index (κ2) is 10.5. The summed E-state index contributed by atoms with van der Waals surface area (Å²) in [6, 6.07) is 23.2. The van der Waals surface area contributed by atoms with Crippen LogP contribution in [0.25, 0.3) is 11.3 Å². The van der Waals surface area contributed by atoms with Gasteiger partial charge >= 0.3 is 0 Å². The van der Waals surface area contributed by atoms with E-state index >= 15 is 0 Å². The van der Waals surface area contributed by atoms with Crippen LogP contribution in [0, 0.1) is 0 Å². The summed E-state index contributed by atoms with van der Waals surface area (Å²) in [4.78, 5) is 15.5. The van der Waals surface area contributed by atoms with Crippen molar-refractivity contribution in [1.29, 1.82) is 0 Å². The molecule has 2 heterocycles. The van der Waals surface area contributed by atoms with Gasteiger partial charge in [-0.25, -0.2) is 0 Å². The summed E-state index contributed by atoms with van der Waals surface area (Å²) < 4.78 is 11.1. The molecule has 0 bridgehead atoms. The molecule has 1 unspecified atom stereocenters. The fourth-order valence-electron chi connectivity index (χ4n) is 4.61. The molecule has 36 heavy (non-hydrogen) atoms. The topological polar surface area (TPSA) is 67.5 Å². The lowest BCUT2D eigenvalue weighted by Crippen LogP contribution is -2.31. The number of methoxy groups -OCH3 is 1. The van der Waals surface area contributed by atoms with Gasteiger partial charge < -0.3 is 14.4 Å². The molecule has 0 aliphatic carbocycles. The molecule has 6 nitrogen and oxygen atoms in total. The van der Waals surface area contributed by atoms with Crippen LogP contribution in [0.3, 0.4) is 0 Å². The van der Waals surface area contributed by atoms with Crippen molar-refractivity contribution in [2.24, 2.45) is 0 Å². The minimum Gasteiger partial charge on any atom is -0.497 e. The molecule has 0 radical (unpaired) electrons. The van der Waals surface area contributed by atoms with Crippen molar-refractivity contribution < 1.29 is 14.3 Å². The Morgan fingerprint density at radius 3 is 2.33 bits per heavy atom. The van der Waals surface area contributed by atoms with Gasteiger partial charge in [-0.2, -0.15) is 5.10 Å². The van der Waals surface area contributed by atoms with E-state index in [9.17, 15) is 4.79 Å². The molecule has 0 saturated carbocycles. The fourth-order valence-corrected chi connectivity index (χ4v) is 4.74. The van der Waals surface area contributed by atoms with Crippen molar-refractivity contribution in [2.75, 3.05) is 20.3 Å². The van der Waals surface area contributed by atoms with Gasteiger partial charge in [0.1, 0.15) is 17.2 Å². The van der Waals surface area contributed by atoms with Gasteiger partial charge in [0, 0.05) is 22.7 Å². The van der Waals surface area contributed by atoms with Crippen LogP contribution >= 0.6 is 11.6 Å². The zero-order valence-corrected chi connectivity index (χ0v) is 21.1. The van der Waals surface area contributed by atoms with E-state index in [1.165, 1.54) is 0 Å². The maximum atomic E-state index is 13.6. The highest BCUT2D eigenvalue weighted by Gasteiger charge is 2.41. The lowest BCUT2D eigenvalue weighted by Gasteiger charge is -2.26. The summed E-state index contributed by atoms with van der Waals surface area (Å²) in [5.41, 5.74) is 5.24. The molecule has 0 spiro atoms. The van der Waals surface area contributed by atoms with Crippen LogP contribution in [-0.4, -0.2) is 41.3 Å². The SMILES string of the molecule is CCCOc1ccc(C2c3c(-c4ccc(Cl)cc4)n[nH]c3C(=O)N2CCc2ccc(OC)cc2)cc1. The number of aromatic amines is 1. The summed E-state index contributed by atoms with van der Waals surface area (Å²) in [5.74, 6) is 1.58. The minimum absolute atomic E-state index is 0.0532. The molecular weight excluding hydrogens is 474 g/mol. The number of aromatic nitrogens is 2. The number of hydrogen-bond donors (Lipinski definition) is 1. The molecule has 1 aliphatic heterocycles. The highest BCUT2D eigenvalue weighted by Crippen LogP contribution is 2.43. The van der Waals surface area contributed by atoms with Crippen LogP contribution in [0.2, 0.25) is 5.02 Å². The Balaban J connectivity index is 1.50. The molecule has 1 amide bonds. The van der Waals surface area contributed by atoms with Crippen LogP contribution in [0.1, 0.15) is 46.6 Å². The van der Waals surface area contributed by atoms with E-state index < -0.39 is 0 Å². The fraction of sp³-hybridized carbons (Fsp3) is 0.241. The van der Waals surface area contributed by atoms with Crippen molar-refractivity contribution in [2.45, 2.75) is 25.8 Å².